The Hall–Kier alpha value is -1.18. The van der Waals surface area contributed by atoms with Gasteiger partial charge in [0, 0.05) is 20.2 Å². The molecule has 13 heavy (non-hydrogen) atoms. The molecule has 76 valence electrons. The largest absolute Gasteiger partial charge is 0.473 e. The van der Waals surface area contributed by atoms with Gasteiger partial charge in [0.1, 0.15) is 0 Å². The van der Waals surface area contributed by atoms with Crippen molar-refractivity contribution >= 4 is 11.9 Å². The molecule has 0 aromatic carbocycles. The molecule has 7 nitrogen and oxygen atoms in total. The molecule has 1 aliphatic heterocycles. The molecule has 7 heteroatoms. The van der Waals surface area contributed by atoms with Crippen LogP contribution in [-0.2, 0) is 14.3 Å². The van der Waals surface area contributed by atoms with E-state index >= 15 is 0 Å². The second-order valence-electron chi connectivity index (χ2n) is 2.42. The predicted octanol–water partition coefficient (Wildman–Crippen LogP) is -1.65. The summed E-state index contributed by atoms with van der Waals surface area (Å²) in [7, 11) is 1.71. The number of hydrazine groups is 1. The second-order valence-corrected chi connectivity index (χ2v) is 2.42. The molecule has 0 amide bonds. The molecule has 0 saturated carbocycles. The molecular weight excluding hydrogens is 180 g/mol. The van der Waals surface area contributed by atoms with E-state index < -0.39 is 11.9 Å². The van der Waals surface area contributed by atoms with Gasteiger partial charge in [-0.25, -0.2) is 14.6 Å². The van der Waals surface area contributed by atoms with Crippen LogP contribution in [0.25, 0.3) is 0 Å². The van der Waals surface area contributed by atoms with Gasteiger partial charge in [0.05, 0.1) is 6.10 Å². The number of carbonyl (C=O) groups is 2. The summed E-state index contributed by atoms with van der Waals surface area (Å²) < 4.78 is 4.93. The number of carboxylic acid groups (broad SMARTS) is 2. The Morgan fingerprint density at radius 1 is 1.38 bits per heavy atom. The molecule has 1 aliphatic rings. The van der Waals surface area contributed by atoms with Crippen molar-refractivity contribution in [3.63, 3.8) is 0 Å². The normalized spacial score (nSPS) is 16.8. The Labute approximate surface area is 74.7 Å². The molecular formula is C6H12N2O5. The lowest BCUT2D eigenvalue weighted by atomic mass is 10.2. The fourth-order valence-electron chi connectivity index (χ4n) is 0.619. The van der Waals surface area contributed by atoms with Crippen molar-refractivity contribution in [3.8, 4) is 0 Å². The van der Waals surface area contributed by atoms with Crippen LogP contribution < -0.4 is 5.84 Å². The molecule has 0 aliphatic carbocycles. The van der Waals surface area contributed by atoms with Crippen LogP contribution in [0.3, 0.4) is 0 Å². The van der Waals surface area contributed by atoms with Crippen LogP contribution in [-0.4, -0.2) is 53.5 Å². The zero-order valence-corrected chi connectivity index (χ0v) is 7.14. The van der Waals surface area contributed by atoms with Gasteiger partial charge in [-0.1, -0.05) is 0 Å². The maximum Gasteiger partial charge on any atom is 0.414 e. The summed E-state index contributed by atoms with van der Waals surface area (Å²) in [5.74, 6) is 1.65. The van der Waals surface area contributed by atoms with E-state index in [0.717, 1.165) is 13.1 Å². The van der Waals surface area contributed by atoms with E-state index in [-0.39, 0.29) is 0 Å². The van der Waals surface area contributed by atoms with Crippen LogP contribution in [0.4, 0.5) is 0 Å². The van der Waals surface area contributed by atoms with E-state index in [9.17, 15) is 0 Å². The van der Waals surface area contributed by atoms with Crippen LogP contribution in [0.5, 0.6) is 0 Å². The van der Waals surface area contributed by atoms with Crippen LogP contribution in [0.1, 0.15) is 0 Å². The van der Waals surface area contributed by atoms with Gasteiger partial charge >= 0.3 is 11.9 Å². The van der Waals surface area contributed by atoms with Crippen molar-refractivity contribution < 1.29 is 24.5 Å². The summed E-state index contributed by atoms with van der Waals surface area (Å²) in [5, 5.41) is 16.5. The standard InChI is InChI=1S/C4H10N2O.C2H2O4/c1-7-4-2-6(5)3-4;3-1(4)2(5)6/h4H,2-3,5H2,1H3;(H,3,4)(H,5,6). The number of nitrogens with zero attached hydrogens (tertiary/aromatic N) is 1. The fourth-order valence-corrected chi connectivity index (χ4v) is 0.619. The minimum absolute atomic E-state index is 0.394. The SMILES string of the molecule is COC1CN(N)C1.O=C(O)C(=O)O. The number of rotatable bonds is 1. The van der Waals surface area contributed by atoms with E-state index in [2.05, 4.69) is 0 Å². The summed E-state index contributed by atoms with van der Waals surface area (Å²) >= 11 is 0. The first-order chi connectivity index (χ1) is 5.97. The lowest BCUT2D eigenvalue weighted by Crippen LogP contribution is -2.55. The molecule has 0 aromatic heterocycles. The van der Waals surface area contributed by atoms with E-state index in [1.165, 1.54) is 0 Å². The Morgan fingerprint density at radius 3 is 1.85 bits per heavy atom. The first-order valence-electron chi connectivity index (χ1n) is 3.46. The highest BCUT2D eigenvalue weighted by molar-refractivity contribution is 6.27. The van der Waals surface area contributed by atoms with Crippen LogP contribution in [0.2, 0.25) is 0 Å². The van der Waals surface area contributed by atoms with Crippen LogP contribution >= 0.6 is 0 Å². The van der Waals surface area contributed by atoms with Crippen molar-refractivity contribution in [2.45, 2.75) is 6.10 Å². The number of methoxy groups -OCH3 is 1. The Balaban J connectivity index is 0.000000226. The van der Waals surface area contributed by atoms with Crippen molar-refractivity contribution in [1.82, 2.24) is 5.01 Å². The highest BCUT2D eigenvalue weighted by Gasteiger charge is 2.22. The van der Waals surface area contributed by atoms with Gasteiger partial charge in [-0.05, 0) is 0 Å². The fraction of sp³-hybridized carbons (Fsp3) is 0.667. The molecule has 0 unspecified atom stereocenters. The first-order valence-corrected chi connectivity index (χ1v) is 3.46. The van der Waals surface area contributed by atoms with E-state index in [0.29, 0.717) is 6.10 Å². The maximum atomic E-state index is 9.10. The molecule has 1 saturated heterocycles. The monoisotopic (exact) mass is 192 g/mol. The summed E-state index contributed by atoms with van der Waals surface area (Å²) in [6.07, 6.45) is 0.394. The number of ether oxygens (including phenoxy) is 1. The van der Waals surface area contributed by atoms with E-state index in [1.807, 2.05) is 0 Å². The van der Waals surface area contributed by atoms with Crippen molar-refractivity contribution in [2.24, 2.45) is 5.84 Å². The topological polar surface area (TPSA) is 113 Å². The molecule has 0 aromatic rings. The summed E-state index contributed by atoms with van der Waals surface area (Å²) in [4.78, 5) is 18.2. The Morgan fingerprint density at radius 2 is 1.77 bits per heavy atom. The molecule has 1 fully saturated rings. The number of hydrogen-bond donors (Lipinski definition) is 3. The number of hydrogen-bond acceptors (Lipinski definition) is 5. The number of nitrogens with two attached hydrogens (primary N) is 1. The zero-order chi connectivity index (χ0) is 10.4. The van der Waals surface area contributed by atoms with E-state index in [1.54, 1.807) is 12.1 Å². The van der Waals surface area contributed by atoms with Crippen molar-refractivity contribution in [2.75, 3.05) is 20.2 Å². The average molecular weight is 192 g/mol. The van der Waals surface area contributed by atoms with Gasteiger partial charge in [-0.2, -0.15) is 0 Å². The molecule has 0 spiro atoms. The highest BCUT2D eigenvalue weighted by atomic mass is 16.5. The Kier molecular flexibility index (Phi) is 4.97. The summed E-state index contributed by atoms with van der Waals surface area (Å²) in [6.45, 7) is 1.77. The zero-order valence-electron chi connectivity index (χ0n) is 7.14. The third-order valence-corrected chi connectivity index (χ3v) is 1.39. The smallest absolute Gasteiger partial charge is 0.414 e. The number of aliphatic carboxylic acids is 2. The minimum atomic E-state index is -1.82. The molecule has 1 heterocycles. The molecule has 0 radical (unpaired) electrons. The molecule has 4 N–H and O–H groups in total. The third-order valence-electron chi connectivity index (χ3n) is 1.39. The van der Waals surface area contributed by atoms with Crippen LogP contribution in [0, 0.1) is 0 Å². The van der Waals surface area contributed by atoms with Gasteiger partial charge in [0.15, 0.2) is 0 Å². The molecule has 1 rings (SSSR count). The summed E-state index contributed by atoms with van der Waals surface area (Å²) in [5.41, 5.74) is 0. The predicted molar refractivity (Wildman–Crippen MR) is 41.8 cm³/mol. The van der Waals surface area contributed by atoms with Gasteiger partial charge < -0.3 is 14.9 Å². The van der Waals surface area contributed by atoms with Gasteiger partial charge in [0.25, 0.3) is 0 Å². The van der Waals surface area contributed by atoms with E-state index in [4.69, 9.17) is 30.4 Å². The highest BCUT2D eigenvalue weighted by Crippen LogP contribution is 2.03. The van der Waals surface area contributed by atoms with Gasteiger partial charge in [-0.3, -0.25) is 5.84 Å². The lowest BCUT2D eigenvalue weighted by molar-refractivity contribution is -0.159. The van der Waals surface area contributed by atoms with Gasteiger partial charge in [-0.15, -0.1) is 0 Å². The van der Waals surface area contributed by atoms with Crippen molar-refractivity contribution in [1.29, 1.82) is 0 Å². The van der Waals surface area contributed by atoms with Crippen molar-refractivity contribution in [3.05, 3.63) is 0 Å². The summed E-state index contributed by atoms with van der Waals surface area (Å²) in [6, 6.07) is 0. The second kappa shape index (κ2) is 5.46. The average Bonchev–Trinajstić information content (AvgIpc) is 1.99. The lowest BCUT2D eigenvalue weighted by Gasteiger charge is -2.33. The van der Waals surface area contributed by atoms with Crippen LogP contribution in [0.15, 0.2) is 0 Å². The van der Waals surface area contributed by atoms with Gasteiger partial charge in [0.2, 0.25) is 0 Å². The number of carboxylic acids is 2. The molecule has 0 atom stereocenters. The minimum Gasteiger partial charge on any atom is -0.473 e. The maximum absolute atomic E-state index is 9.10. The Bertz CT molecular complexity index is 177. The third kappa shape index (κ3) is 5.12. The quantitative estimate of drug-likeness (QED) is 0.337. The first kappa shape index (κ1) is 11.8. The molecule has 0 bridgehead atoms.